The minimum absolute atomic E-state index is 0.0470. The van der Waals surface area contributed by atoms with Gasteiger partial charge in [0.1, 0.15) is 17.7 Å². The SMILES string of the molecule is O=C1CS[C@H](c2ccc(OCc3ccc(Br)cc3)cc2)N1c1ccc(Cl)cc1. The Morgan fingerprint density at radius 3 is 2.36 bits per heavy atom. The topological polar surface area (TPSA) is 29.5 Å². The predicted molar refractivity (Wildman–Crippen MR) is 119 cm³/mol. The second-order valence-corrected chi connectivity index (χ2v) is 8.81. The molecule has 3 aromatic carbocycles. The molecule has 0 unspecified atom stereocenters. The van der Waals surface area contributed by atoms with E-state index in [2.05, 4.69) is 15.9 Å². The van der Waals surface area contributed by atoms with Gasteiger partial charge in [-0.15, -0.1) is 11.8 Å². The highest BCUT2D eigenvalue weighted by Gasteiger charge is 2.33. The van der Waals surface area contributed by atoms with E-state index in [1.54, 1.807) is 11.8 Å². The molecule has 4 rings (SSSR count). The smallest absolute Gasteiger partial charge is 0.238 e. The number of rotatable bonds is 5. The first kappa shape index (κ1) is 19.4. The molecule has 0 aromatic heterocycles. The third-order valence-corrected chi connectivity index (χ3v) is 6.45. The van der Waals surface area contributed by atoms with Crippen molar-refractivity contribution < 1.29 is 9.53 Å². The first-order valence-corrected chi connectivity index (χ1v) is 11.0. The molecule has 0 bridgehead atoms. The van der Waals surface area contributed by atoms with Crippen molar-refractivity contribution in [3.63, 3.8) is 0 Å². The molecule has 28 heavy (non-hydrogen) atoms. The van der Waals surface area contributed by atoms with Crippen LogP contribution in [0.2, 0.25) is 5.02 Å². The molecule has 1 heterocycles. The second kappa shape index (κ2) is 8.60. The summed E-state index contributed by atoms with van der Waals surface area (Å²) in [6, 6.07) is 23.4. The van der Waals surface area contributed by atoms with Gasteiger partial charge in [-0.2, -0.15) is 0 Å². The van der Waals surface area contributed by atoms with E-state index in [-0.39, 0.29) is 11.3 Å². The third kappa shape index (κ3) is 4.37. The van der Waals surface area contributed by atoms with Crippen LogP contribution in [0.1, 0.15) is 16.5 Å². The molecule has 0 spiro atoms. The van der Waals surface area contributed by atoms with Crippen molar-refractivity contribution in [1.29, 1.82) is 0 Å². The van der Waals surface area contributed by atoms with Crippen molar-refractivity contribution in [3.8, 4) is 5.75 Å². The van der Waals surface area contributed by atoms with Crippen molar-refractivity contribution in [1.82, 2.24) is 0 Å². The van der Waals surface area contributed by atoms with E-state index in [4.69, 9.17) is 16.3 Å². The number of carbonyl (C=O) groups is 1. The molecule has 1 amide bonds. The van der Waals surface area contributed by atoms with Crippen LogP contribution in [-0.2, 0) is 11.4 Å². The fourth-order valence-corrected chi connectivity index (χ4v) is 4.60. The van der Waals surface area contributed by atoms with Crippen LogP contribution in [0.4, 0.5) is 5.69 Å². The first-order chi connectivity index (χ1) is 13.6. The third-order valence-electron chi connectivity index (χ3n) is 4.46. The van der Waals surface area contributed by atoms with Gasteiger partial charge in [0.2, 0.25) is 5.91 Å². The predicted octanol–water partition coefficient (Wildman–Crippen LogP) is 6.46. The molecule has 6 heteroatoms. The van der Waals surface area contributed by atoms with Crippen LogP contribution in [0.5, 0.6) is 5.75 Å². The molecule has 3 nitrogen and oxygen atoms in total. The van der Waals surface area contributed by atoms with E-state index in [1.807, 2.05) is 77.7 Å². The van der Waals surface area contributed by atoms with Crippen LogP contribution in [0.15, 0.2) is 77.3 Å². The summed E-state index contributed by atoms with van der Waals surface area (Å²) in [6.45, 7) is 0.514. The molecule has 142 valence electrons. The van der Waals surface area contributed by atoms with Gasteiger partial charge in [0.15, 0.2) is 0 Å². The lowest BCUT2D eigenvalue weighted by Crippen LogP contribution is -2.27. The summed E-state index contributed by atoms with van der Waals surface area (Å²) in [6.07, 6.45) is 0. The number of hydrogen-bond acceptors (Lipinski definition) is 3. The molecule has 3 aromatic rings. The summed E-state index contributed by atoms with van der Waals surface area (Å²) in [7, 11) is 0. The lowest BCUT2D eigenvalue weighted by Gasteiger charge is -2.24. The summed E-state index contributed by atoms with van der Waals surface area (Å²) in [4.78, 5) is 14.3. The normalized spacial score (nSPS) is 16.4. The molecule has 1 saturated heterocycles. The van der Waals surface area contributed by atoms with Gasteiger partial charge in [0.25, 0.3) is 0 Å². The number of hydrogen-bond donors (Lipinski definition) is 0. The van der Waals surface area contributed by atoms with Gasteiger partial charge in [-0.25, -0.2) is 0 Å². The quantitative estimate of drug-likeness (QED) is 0.425. The maximum Gasteiger partial charge on any atom is 0.238 e. The number of anilines is 1. The van der Waals surface area contributed by atoms with Crippen molar-refractivity contribution in [3.05, 3.63) is 93.4 Å². The van der Waals surface area contributed by atoms with E-state index >= 15 is 0 Å². The monoisotopic (exact) mass is 473 g/mol. The van der Waals surface area contributed by atoms with Crippen molar-refractivity contribution in [2.24, 2.45) is 0 Å². The number of carbonyl (C=O) groups excluding carboxylic acids is 1. The summed E-state index contributed by atoms with van der Waals surface area (Å²) < 4.78 is 6.93. The Morgan fingerprint density at radius 2 is 1.68 bits per heavy atom. The molecular weight excluding hydrogens is 458 g/mol. The van der Waals surface area contributed by atoms with Gasteiger partial charge >= 0.3 is 0 Å². The second-order valence-electron chi connectivity index (χ2n) is 6.39. The zero-order chi connectivity index (χ0) is 19.5. The number of halogens is 2. The van der Waals surface area contributed by atoms with Gasteiger partial charge < -0.3 is 4.74 Å². The Kier molecular flexibility index (Phi) is 5.95. The maximum atomic E-state index is 12.4. The molecule has 0 radical (unpaired) electrons. The largest absolute Gasteiger partial charge is 0.489 e. The average molecular weight is 475 g/mol. The minimum atomic E-state index is -0.0470. The van der Waals surface area contributed by atoms with Crippen LogP contribution < -0.4 is 9.64 Å². The van der Waals surface area contributed by atoms with Crippen molar-refractivity contribution in [2.75, 3.05) is 10.7 Å². The van der Waals surface area contributed by atoms with Crippen molar-refractivity contribution in [2.45, 2.75) is 12.0 Å². The summed E-state index contributed by atoms with van der Waals surface area (Å²) in [5.41, 5.74) is 3.04. The number of ether oxygens (including phenoxy) is 1. The number of thioether (sulfide) groups is 1. The van der Waals surface area contributed by atoms with E-state index in [0.29, 0.717) is 17.4 Å². The fourth-order valence-electron chi connectivity index (χ4n) is 3.03. The fraction of sp³-hybridized carbons (Fsp3) is 0.136. The van der Waals surface area contributed by atoms with E-state index in [9.17, 15) is 4.79 Å². The van der Waals surface area contributed by atoms with Gasteiger partial charge in [0, 0.05) is 15.2 Å². The summed E-state index contributed by atoms with van der Waals surface area (Å²) >= 11 is 11.0. The molecule has 0 N–H and O–H groups in total. The average Bonchev–Trinajstić information content (AvgIpc) is 3.10. The molecule has 1 atom stereocenters. The van der Waals surface area contributed by atoms with E-state index in [1.165, 1.54) is 0 Å². The number of benzene rings is 3. The zero-order valence-electron chi connectivity index (χ0n) is 14.8. The molecular formula is C22H17BrClNO2S. The Bertz CT molecular complexity index is 961. The standard InChI is InChI=1S/C22H17BrClNO2S/c23-17-5-1-15(2-6-17)13-27-20-11-3-16(4-12-20)22-25(21(26)14-28-22)19-9-7-18(24)8-10-19/h1-12,22H,13-14H2/t22-/m1/s1. The van der Waals surface area contributed by atoms with Gasteiger partial charge in [-0.05, 0) is 59.7 Å². The summed E-state index contributed by atoms with van der Waals surface area (Å²) in [5, 5.41) is 0.612. The first-order valence-electron chi connectivity index (χ1n) is 8.76. The molecule has 0 saturated carbocycles. The van der Waals surface area contributed by atoms with Gasteiger partial charge in [-0.3, -0.25) is 9.69 Å². The number of nitrogens with zero attached hydrogens (tertiary/aromatic N) is 1. The van der Waals surface area contributed by atoms with Crippen LogP contribution in [0, 0.1) is 0 Å². The van der Waals surface area contributed by atoms with Crippen molar-refractivity contribution >= 4 is 50.9 Å². The van der Waals surface area contributed by atoms with Crippen LogP contribution in [-0.4, -0.2) is 11.7 Å². The Morgan fingerprint density at radius 1 is 1.00 bits per heavy atom. The number of amides is 1. The van der Waals surface area contributed by atoms with Gasteiger partial charge in [0.05, 0.1) is 5.75 Å². The Hall–Kier alpha value is -1.95. The lowest BCUT2D eigenvalue weighted by molar-refractivity contribution is -0.115. The molecule has 1 aliphatic rings. The highest BCUT2D eigenvalue weighted by atomic mass is 79.9. The minimum Gasteiger partial charge on any atom is -0.489 e. The van der Waals surface area contributed by atoms with E-state index < -0.39 is 0 Å². The Labute approximate surface area is 181 Å². The Balaban J connectivity index is 1.47. The molecule has 0 aliphatic carbocycles. The van der Waals surface area contributed by atoms with Gasteiger partial charge in [-0.1, -0.05) is 51.8 Å². The maximum absolute atomic E-state index is 12.4. The van der Waals surface area contributed by atoms with Crippen LogP contribution in [0.3, 0.4) is 0 Å². The summed E-state index contributed by atoms with van der Waals surface area (Å²) in [5.74, 6) is 1.38. The molecule has 1 fully saturated rings. The lowest BCUT2D eigenvalue weighted by atomic mass is 10.1. The van der Waals surface area contributed by atoms with E-state index in [0.717, 1.165) is 27.0 Å². The van der Waals surface area contributed by atoms with Crippen LogP contribution in [0.25, 0.3) is 0 Å². The molecule has 1 aliphatic heterocycles. The van der Waals surface area contributed by atoms with Crippen LogP contribution >= 0.6 is 39.3 Å². The highest BCUT2D eigenvalue weighted by Crippen LogP contribution is 2.42. The highest BCUT2D eigenvalue weighted by molar-refractivity contribution is 9.10. The zero-order valence-corrected chi connectivity index (χ0v) is 18.0.